The molecule has 100 valence electrons. The molecule has 2 rings (SSSR count). The summed E-state index contributed by atoms with van der Waals surface area (Å²) in [6, 6.07) is 8.96. The maximum atomic E-state index is 11.8. The molecule has 0 saturated heterocycles. The second-order valence-electron chi connectivity index (χ2n) is 4.29. The zero-order valence-electron chi connectivity index (χ0n) is 10.4. The van der Waals surface area contributed by atoms with Gasteiger partial charge in [-0.3, -0.25) is 0 Å². The Morgan fingerprint density at radius 3 is 2.63 bits per heavy atom. The van der Waals surface area contributed by atoms with Crippen LogP contribution < -0.4 is 0 Å². The Bertz CT molecular complexity index is 508. The lowest BCUT2D eigenvalue weighted by Gasteiger charge is -2.29. The molecular weight excluding hydrogens is 248 g/mol. The highest BCUT2D eigenvalue weighted by Gasteiger charge is 2.48. The number of carbonyl (C=O) groups is 2. The van der Waals surface area contributed by atoms with E-state index in [0.717, 1.165) is 5.56 Å². The number of aliphatic hydroxyl groups is 1. The monoisotopic (exact) mass is 262 g/mol. The van der Waals surface area contributed by atoms with Crippen molar-refractivity contribution in [3.05, 3.63) is 48.0 Å². The summed E-state index contributed by atoms with van der Waals surface area (Å²) in [5, 5.41) is 10.5. The van der Waals surface area contributed by atoms with Gasteiger partial charge in [-0.2, -0.15) is 0 Å². The van der Waals surface area contributed by atoms with E-state index < -0.39 is 23.6 Å². The van der Waals surface area contributed by atoms with E-state index in [1.54, 1.807) is 24.3 Å². The molecule has 0 unspecified atom stereocenters. The molecule has 1 aliphatic heterocycles. The fraction of sp³-hybridized carbons (Fsp3) is 0.286. The van der Waals surface area contributed by atoms with Gasteiger partial charge in [-0.1, -0.05) is 30.3 Å². The smallest absolute Gasteiger partial charge is 0.342 e. The minimum atomic E-state index is -1.92. The molecule has 1 heterocycles. The third-order valence-corrected chi connectivity index (χ3v) is 2.98. The van der Waals surface area contributed by atoms with Crippen LogP contribution in [0.2, 0.25) is 0 Å². The highest BCUT2D eigenvalue weighted by Crippen LogP contribution is 2.25. The maximum Gasteiger partial charge on any atom is 0.342 e. The van der Waals surface area contributed by atoms with Crippen molar-refractivity contribution in [2.45, 2.75) is 18.1 Å². The molecular formula is C14H14O5. The molecule has 0 bridgehead atoms. The summed E-state index contributed by atoms with van der Waals surface area (Å²) >= 11 is 0. The number of hydrogen-bond acceptors (Lipinski definition) is 5. The largest absolute Gasteiger partial charge is 0.467 e. The molecule has 0 fully saturated rings. The summed E-state index contributed by atoms with van der Waals surface area (Å²) in [5.74, 6) is -1.42. The summed E-state index contributed by atoms with van der Waals surface area (Å²) in [6.07, 6.45) is 1.52. The molecule has 2 atom stereocenters. The highest BCUT2D eigenvalue weighted by atomic mass is 16.6. The van der Waals surface area contributed by atoms with Crippen LogP contribution in [0.4, 0.5) is 0 Å². The summed E-state index contributed by atoms with van der Waals surface area (Å²) in [7, 11) is 1.18. The molecule has 0 radical (unpaired) electrons. The van der Waals surface area contributed by atoms with Gasteiger partial charge in [0.15, 0.2) is 6.10 Å². The van der Waals surface area contributed by atoms with Crippen LogP contribution in [0, 0.1) is 0 Å². The number of cyclic esters (lactones) is 1. The minimum absolute atomic E-state index is 0.00278. The normalized spacial score (nSPS) is 20.7. The molecule has 1 aromatic carbocycles. The van der Waals surface area contributed by atoms with Crippen molar-refractivity contribution >= 4 is 11.9 Å². The molecule has 0 aliphatic carbocycles. The fourth-order valence-electron chi connectivity index (χ4n) is 2.00. The summed E-state index contributed by atoms with van der Waals surface area (Å²) < 4.78 is 9.54. The van der Waals surface area contributed by atoms with E-state index in [-0.39, 0.29) is 6.42 Å². The first-order valence-electron chi connectivity index (χ1n) is 5.80. The molecule has 0 spiro atoms. The number of benzene rings is 1. The van der Waals surface area contributed by atoms with Crippen molar-refractivity contribution in [1.29, 1.82) is 0 Å². The first-order chi connectivity index (χ1) is 9.06. The number of rotatable bonds is 4. The lowest BCUT2D eigenvalue weighted by Crippen LogP contribution is -2.51. The van der Waals surface area contributed by atoms with E-state index >= 15 is 0 Å². The predicted molar refractivity (Wildman–Crippen MR) is 66.1 cm³/mol. The molecule has 0 aromatic heterocycles. The molecule has 5 nitrogen and oxygen atoms in total. The van der Waals surface area contributed by atoms with E-state index in [4.69, 9.17) is 4.74 Å². The first kappa shape index (κ1) is 13.3. The molecule has 5 heteroatoms. The van der Waals surface area contributed by atoms with Crippen LogP contribution in [0.25, 0.3) is 0 Å². The average Bonchev–Trinajstić information content (AvgIpc) is 2.86. The third kappa shape index (κ3) is 2.66. The van der Waals surface area contributed by atoms with Crippen LogP contribution in [-0.2, 0) is 25.5 Å². The van der Waals surface area contributed by atoms with Crippen LogP contribution in [0.3, 0.4) is 0 Å². The summed E-state index contributed by atoms with van der Waals surface area (Å²) in [5.41, 5.74) is -1.18. The van der Waals surface area contributed by atoms with Crippen LogP contribution in [0.15, 0.2) is 42.5 Å². The van der Waals surface area contributed by atoms with Crippen molar-refractivity contribution in [2.75, 3.05) is 7.11 Å². The predicted octanol–water partition coefficient (Wildman–Crippen LogP) is 0.615. The molecule has 1 N–H and O–H groups in total. The SMILES string of the molecule is COC(=O)[C@@](O)(Cc1ccccc1)[C@H]1C=CC(=O)O1. The fourth-order valence-corrected chi connectivity index (χ4v) is 2.00. The Morgan fingerprint density at radius 2 is 2.11 bits per heavy atom. The van der Waals surface area contributed by atoms with E-state index in [2.05, 4.69) is 4.74 Å². The number of carbonyl (C=O) groups excluding carboxylic acids is 2. The second kappa shape index (κ2) is 5.24. The van der Waals surface area contributed by atoms with Gasteiger partial charge in [-0.05, 0) is 11.6 Å². The molecule has 0 amide bonds. The summed E-state index contributed by atoms with van der Waals surface area (Å²) in [4.78, 5) is 22.9. The van der Waals surface area contributed by atoms with Crippen LogP contribution in [-0.4, -0.2) is 35.9 Å². The van der Waals surface area contributed by atoms with E-state index in [9.17, 15) is 14.7 Å². The number of ether oxygens (including phenoxy) is 2. The van der Waals surface area contributed by atoms with Gasteiger partial charge in [-0.25, -0.2) is 9.59 Å². The van der Waals surface area contributed by atoms with Crippen LogP contribution in [0.1, 0.15) is 5.56 Å². The topological polar surface area (TPSA) is 72.8 Å². The lowest BCUT2D eigenvalue weighted by molar-refractivity contribution is -0.177. The van der Waals surface area contributed by atoms with Gasteiger partial charge in [0.2, 0.25) is 5.60 Å². The van der Waals surface area contributed by atoms with Gasteiger partial charge in [0.05, 0.1) is 7.11 Å². The van der Waals surface area contributed by atoms with Crippen molar-refractivity contribution in [3.63, 3.8) is 0 Å². The van der Waals surface area contributed by atoms with Gasteiger partial charge in [0, 0.05) is 12.5 Å². The van der Waals surface area contributed by atoms with E-state index in [1.807, 2.05) is 6.07 Å². The van der Waals surface area contributed by atoms with Crippen molar-refractivity contribution < 1.29 is 24.2 Å². The number of hydrogen-bond donors (Lipinski definition) is 1. The Labute approximate surface area is 110 Å². The standard InChI is InChI=1S/C14H14O5/c1-18-13(16)14(17,11-7-8-12(15)19-11)9-10-5-3-2-4-6-10/h2-8,11,17H,9H2,1H3/t11-,14-/m1/s1. The molecule has 0 saturated carbocycles. The Kier molecular flexibility index (Phi) is 3.66. The zero-order valence-corrected chi connectivity index (χ0v) is 10.4. The zero-order chi connectivity index (χ0) is 13.9. The molecule has 1 aliphatic rings. The van der Waals surface area contributed by atoms with Gasteiger partial charge in [0.1, 0.15) is 0 Å². The Morgan fingerprint density at radius 1 is 1.42 bits per heavy atom. The maximum absolute atomic E-state index is 11.8. The van der Waals surface area contributed by atoms with Crippen LogP contribution >= 0.6 is 0 Å². The van der Waals surface area contributed by atoms with E-state index in [0.29, 0.717) is 0 Å². The Hall–Kier alpha value is -2.14. The first-order valence-corrected chi connectivity index (χ1v) is 5.80. The average molecular weight is 262 g/mol. The number of esters is 2. The van der Waals surface area contributed by atoms with Crippen LogP contribution in [0.5, 0.6) is 0 Å². The van der Waals surface area contributed by atoms with Crippen molar-refractivity contribution in [1.82, 2.24) is 0 Å². The van der Waals surface area contributed by atoms with Crippen molar-refractivity contribution in [2.24, 2.45) is 0 Å². The highest BCUT2D eigenvalue weighted by molar-refractivity contribution is 5.88. The molecule has 1 aromatic rings. The summed E-state index contributed by atoms with van der Waals surface area (Å²) in [6.45, 7) is 0. The quantitative estimate of drug-likeness (QED) is 0.805. The van der Waals surface area contributed by atoms with Gasteiger partial charge in [-0.15, -0.1) is 0 Å². The minimum Gasteiger partial charge on any atom is -0.467 e. The van der Waals surface area contributed by atoms with E-state index in [1.165, 1.54) is 19.3 Å². The third-order valence-electron chi connectivity index (χ3n) is 2.98. The second-order valence-corrected chi connectivity index (χ2v) is 4.29. The molecule has 19 heavy (non-hydrogen) atoms. The Balaban J connectivity index is 2.27. The van der Waals surface area contributed by atoms with Gasteiger partial charge >= 0.3 is 11.9 Å². The lowest BCUT2D eigenvalue weighted by atomic mass is 9.89. The number of methoxy groups -OCH3 is 1. The van der Waals surface area contributed by atoms with Gasteiger partial charge in [0.25, 0.3) is 0 Å². The van der Waals surface area contributed by atoms with Crippen molar-refractivity contribution in [3.8, 4) is 0 Å². The van der Waals surface area contributed by atoms with Gasteiger partial charge < -0.3 is 14.6 Å².